The Bertz CT molecular complexity index is 1100. The van der Waals surface area contributed by atoms with Crippen LogP contribution in [0.2, 0.25) is 0 Å². The van der Waals surface area contributed by atoms with Crippen LogP contribution in [0.15, 0.2) is 48.5 Å². The maximum Gasteiger partial charge on any atom is 0.250 e. The Morgan fingerprint density at radius 2 is 1.88 bits per heavy atom. The van der Waals surface area contributed by atoms with Crippen molar-refractivity contribution in [2.75, 3.05) is 25.6 Å². The summed E-state index contributed by atoms with van der Waals surface area (Å²) in [5.41, 5.74) is 2.67. The van der Waals surface area contributed by atoms with E-state index in [1.807, 2.05) is 56.3 Å². The van der Waals surface area contributed by atoms with Crippen molar-refractivity contribution in [3.8, 4) is 28.5 Å². The van der Waals surface area contributed by atoms with E-state index in [1.165, 1.54) is 17.4 Å². The zero-order chi connectivity index (χ0) is 23.8. The van der Waals surface area contributed by atoms with Gasteiger partial charge in [0.2, 0.25) is 5.91 Å². The predicted octanol–water partition coefficient (Wildman–Crippen LogP) is 6.21. The lowest BCUT2D eigenvalue weighted by Gasteiger charge is -2.14. The number of hydrogen-bond donors (Lipinski definition) is 1. The van der Waals surface area contributed by atoms with E-state index in [0.29, 0.717) is 35.8 Å². The number of ether oxygens (including phenoxy) is 3. The summed E-state index contributed by atoms with van der Waals surface area (Å²) >= 11 is 1.44. The Labute approximate surface area is 199 Å². The van der Waals surface area contributed by atoms with Gasteiger partial charge in [-0.1, -0.05) is 19.9 Å². The van der Waals surface area contributed by atoms with E-state index in [-0.39, 0.29) is 5.91 Å². The maximum atomic E-state index is 12.5. The number of benzene rings is 2. The number of nitrogens with zero attached hydrogens (tertiary/aromatic N) is 1. The van der Waals surface area contributed by atoms with Crippen molar-refractivity contribution in [2.24, 2.45) is 5.92 Å². The standard InChI is InChI=1S/C26H30N2O4S/c1-6-31-23-15-19(7-13-22(23)32-16-17(2)3)8-14-24(29)27-26-28-25(18(4)33-26)20-9-11-21(30-5)12-10-20/h7-15,17H,6,16H2,1-5H3,(H,27,28,29). The number of thiazole rings is 1. The van der Waals surface area contributed by atoms with Crippen molar-refractivity contribution in [2.45, 2.75) is 27.7 Å². The average molecular weight is 467 g/mol. The smallest absolute Gasteiger partial charge is 0.250 e. The molecule has 0 aliphatic heterocycles. The van der Waals surface area contributed by atoms with Gasteiger partial charge < -0.3 is 14.2 Å². The highest BCUT2D eigenvalue weighted by Gasteiger charge is 2.12. The molecule has 7 heteroatoms. The van der Waals surface area contributed by atoms with E-state index in [2.05, 4.69) is 24.1 Å². The third kappa shape index (κ3) is 6.83. The summed E-state index contributed by atoms with van der Waals surface area (Å²) in [4.78, 5) is 18.1. The summed E-state index contributed by atoms with van der Waals surface area (Å²) in [6, 6.07) is 13.3. The highest BCUT2D eigenvalue weighted by molar-refractivity contribution is 7.16. The molecule has 0 radical (unpaired) electrons. The van der Waals surface area contributed by atoms with E-state index in [0.717, 1.165) is 27.4 Å². The summed E-state index contributed by atoms with van der Waals surface area (Å²) in [5, 5.41) is 3.41. The van der Waals surface area contributed by atoms with Gasteiger partial charge in [0.05, 0.1) is 26.0 Å². The van der Waals surface area contributed by atoms with Crippen molar-refractivity contribution >= 4 is 28.5 Å². The van der Waals surface area contributed by atoms with Gasteiger partial charge in [0.15, 0.2) is 16.6 Å². The molecule has 1 N–H and O–H groups in total. The summed E-state index contributed by atoms with van der Waals surface area (Å²) in [6.45, 7) is 9.26. The molecule has 0 bridgehead atoms. The fourth-order valence-electron chi connectivity index (χ4n) is 3.06. The lowest BCUT2D eigenvalue weighted by Crippen LogP contribution is -2.07. The highest BCUT2D eigenvalue weighted by Crippen LogP contribution is 2.32. The minimum atomic E-state index is -0.247. The largest absolute Gasteiger partial charge is 0.497 e. The van der Waals surface area contributed by atoms with Crippen LogP contribution < -0.4 is 19.5 Å². The van der Waals surface area contributed by atoms with Crippen molar-refractivity contribution in [1.82, 2.24) is 4.98 Å². The van der Waals surface area contributed by atoms with Crippen LogP contribution in [0.4, 0.5) is 5.13 Å². The number of methoxy groups -OCH3 is 1. The van der Waals surface area contributed by atoms with Gasteiger partial charge >= 0.3 is 0 Å². The number of nitrogens with one attached hydrogen (secondary N) is 1. The quantitative estimate of drug-likeness (QED) is 0.360. The predicted molar refractivity (Wildman–Crippen MR) is 134 cm³/mol. The number of aryl methyl sites for hydroxylation is 1. The van der Waals surface area contributed by atoms with E-state index in [9.17, 15) is 4.79 Å². The molecule has 1 amide bonds. The Morgan fingerprint density at radius 1 is 1.12 bits per heavy atom. The first-order valence-electron chi connectivity index (χ1n) is 10.9. The summed E-state index contributed by atoms with van der Waals surface area (Å²) in [6.07, 6.45) is 3.23. The number of aromatic nitrogens is 1. The lowest BCUT2D eigenvalue weighted by molar-refractivity contribution is -0.111. The van der Waals surface area contributed by atoms with E-state index >= 15 is 0 Å². The molecule has 2 aromatic carbocycles. The number of amides is 1. The third-order valence-corrected chi connectivity index (χ3v) is 5.54. The van der Waals surface area contributed by atoms with Gasteiger partial charge in [-0.25, -0.2) is 4.98 Å². The van der Waals surface area contributed by atoms with Crippen molar-refractivity contribution in [3.63, 3.8) is 0 Å². The second-order valence-electron chi connectivity index (χ2n) is 7.82. The van der Waals surface area contributed by atoms with Crippen LogP contribution in [0.25, 0.3) is 17.3 Å². The first-order valence-corrected chi connectivity index (χ1v) is 11.7. The van der Waals surface area contributed by atoms with Crippen molar-refractivity contribution in [1.29, 1.82) is 0 Å². The fraction of sp³-hybridized carbons (Fsp3) is 0.308. The first kappa shape index (κ1) is 24.3. The SMILES string of the molecule is CCOc1cc(C=CC(=O)Nc2nc(-c3ccc(OC)cc3)c(C)s2)ccc1OCC(C)C. The van der Waals surface area contributed by atoms with Crippen LogP contribution in [0.1, 0.15) is 31.2 Å². The third-order valence-electron chi connectivity index (χ3n) is 4.66. The Kier molecular flexibility index (Phi) is 8.49. The molecule has 0 unspecified atom stereocenters. The first-order chi connectivity index (χ1) is 15.9. The second kappa shape index (κ2) is 11.5. The van der Waals surface area contributed by atoms with Crippen LogP contribution in [-0.2, 0) is 4.79 Å². The number of hydrogen-bond acceptors (Lipinski definition) is 6. The number of carbonyl (C=O) groups is 1. The van der Waals surface area contributed by atoms with Crippen molar-refractivity contribution < 1.29 is 19.0 Å². The zero-order valence-electron chi connectivity index (χ0n) is 19.7. The van der Waals surface area contributed by atoms with Gasteiger partial charge in [-0.2, -0.15) is 0 Å². The maximum absolute atomic E-state index is 12.5. The molecule has 0 aliphatic rings. The zero-order valence-corrected chi connectivity index (χ0v) is 20.5. The Balaban J connectivity index is 1.67. The van der Waals surface area contributed by atoms with E-state index in [4.69, 9.17) is 14.2 Å². The molecule has 1 aromatic heterocycles. The molecule has 0 saturated heterocycles. The number of rotatable bonds is 10. The molecule has 0 atom stereocenters. The van der Waals surface area contributed by atoms with Gasteiger partial charge in [-0.15, -0.1) is 11.3 Å². The molecule has 174 valence electrons. The lowest BCUT2D eigenvalue weighted by atomic mass is 10.1. The van der Waals surface area contributed by atoms with Gasteiger partial charge in [0.25, 0.3) is 0 Å². The molecule has 0 fully saturated rings. The highest BCUT2D eigenvalue weighted by atomic mass is 32.1. The second-order valence-corrected chi connectivity index (χ2v) is 9.02. The summed E-state index contributed by atoms with van der Waals surface area (Å²) in [5.74, 6) is 2.33. The van der Waals surface area contributed by atoms with E-state index < -0.39 is 0 Å². The minimum absolute atomic E-state index is 0.247. The molecule has 0 saturated carbocycles. The van der Waals surface area contributed by atoms with Gasteiger partial charge in [-0.05, 0) is 67.8 Å². The molecule has 3 aromatic rings. The number of carbonyl (C=O) groups excluding carboxylic acids is 1. The molecule has 33 heavy (non-hydrogen) atoms. The molecule has 3 rings (SSSR count). The van der Waals surface area contributed by atoms with Crippen LogP contribution in [0, 0.1) is 12.8 Å². The molecule has 1 heterocycles. The average Bonchev–Trinajstić information content (AvgIpc) is 3.17. The summed E-state index contributed by atoms with van der Waals surface area (Å²) in [7, 11) is 1.64. The normalized spacial score (nSPS) is 11.1. The minimum Gasteiger partial charge on any atom is -0.497 e. The summed E-state index contributed by atoms with van der Waals surface area (Å²) < 4.78 is 16.7. The molecular weight excluding hydrogens is 436 g/mol. The van der Waals surface area contributed by atoms with Crippen LogP contribution >= 0.6 is 11.3 Å². The van der Waals surface area contributed by atoms with Crippen LogP contribution in [-0.4, -0.2) is 31.2 Å². The van der Waals surface area contributed by atoms with Gasteiger partial charge in [-0.3, -0.25) is 10.1 Å². The topological polar surface area (TPSA) is 69.7 Å². The van der Waals surface area contributed by atoms with Crippen molar-refractivity contribution in [3.05, 3.63) is 59.0 Å². The van der Waals surface area contributed by atoms with E-state index in [1.54, 1.807) is 13.2 Å². The fourth-order valence-corrected chi connectivity index (χ4v) is 3.90. The molecular formula is C26H30N2O4S. The Hall–Kier alpha value is -3.32. The molecule has 0 spiro atoms. The monoisotopic (exact) mass is 466 g/mol. The van der Waals surface area contributed by atoms with Crippen LogP contribution in [0.3, 0.4) is 0 Å². The Morgan fingerprint density at radius 3 is 2.55 bits per heavy atom. The van der Waals surface area contributed by atoms with Crippen LogP contribution in [0.5, 0.6) is 17.2 Å². The van der Waals surface area contributed by atoms with Gasteiger partial charge in [0, 0.05) is 16.5 Å². The molecule has 6 nitrogen and oxygen atoms in total. The number of anilines is 1. The molecule has 0 aliphatic carbocycles. The van der Waals surface area contributed by atoms with Gasteiger partial charge in [0.1, 0.15) is 5.75 Å².